The molecule has 0 fully saturated rings. The summed E-state index contributed by atoms with van der Waals surface area (Å²) in [5.74, 6) is 0. The van der Waals surface area contributed by atoms with Crippen molar-refractivity contribution >= 4 is 0 Å². The molecule has 0 aromatic heterocycles. The lowest BCUT2D eigenvalue weighted by Crippen LogP contribution is -2.26. The first kappa shape index (κ1) is 20.7. The molecule has 0 saturated heterocycles. The molecule has 126 valence electrons. The van der Waals surface area contributed by atoms with Gasteiger partial charge in [0, 0.05) is 6.04 Å². The standard InChI is InChI=1S/C20H41N/c1-4-6-8-9-10-11-12-13-14-15-16-17-18-20(3)21-19-7-5-2/h9-10,20-21H,4-8,11-19H2,1-3H3. The molecule has 1 atom stereocenters. The number of rotatable bonds is 16. The predicted octanol–water partition coefficient (Wildman–Crippen LogP) is 6.63. The third-order valence-electron chi connectivity index (χ3n) is 4.17. The largest absolute Gasteiger partial charge is 0.314 e. The molecule has 0 rings (SSSR count). The molecule has 0 aromatic rings. The first-order valence-electron chi connectivity index (χ1n) is 9.69. The summed E-state index contributed by atoms with van der Waals surface area (Å²) in [6.07, 6.45) is 22.5. The zero-order valence-corrected chi connectivity index (χ0v) is 15.1. The Morgan fingerprint density at radius 2 is 1.29 bits per heavy atom. The van der Waals surface area contributed by atoms with Crippen molar-refractivity contribution in [2.75, 3.05) is 6.54 Å². The summed E-state index contributed by atoms with van der Waals surface area (Å²) in [5.41, 5.74) is 0. The van der Waals surface area contributed by atoms with E-state index >= 15 is 0 Å². The molecule has 0 aromatic carbocycles. The summed E-state index contributed by atoms with van der Waals surface area (Å²) in [4.78, 5) is 0. The van der Waals surface area contributed by atoms with Crippen LogP contribution in [-0.2, 0) is 0 Å². The van der Waals surface area contributed by atoms with E-state index in [9.17, 15) is 0 Å². The van der Waals surface area contributed by atoms with Crippen molar-refractivity contribution in [1.29, 1.82) is 0 Å². The van der Waals surface area contributed by atoms with Crippen LogP contribution in [0.25, 0.3) is 0 Å². The van der Waals surface area contributed by atoms with Crippen LogP contribution in [0.1, 0.15) is 104 Å². The molecule has 1 nitrogen and oxygen atoms in total. The molecule has 1 heteroatoms. The molecule has 0 aliphatic rings. The molecule has 1 unspecified atom stereocenters. The van der Waals surface area contributed by atoms with Crippen LogP contribution in [0, 0.1) is 0 Å². The van der Waals surface area contributed by atoms with Crippen LogP contribution in [0.3, 0.4) is 0 Å². The van der Waals surface area contributed by atoms with Crippen molar-refractivity contribution in [2.45, 2.75) is 110 Å². The van der Waals surface area contributed by atoms with Crippen LogP contribution in [0.15, 0.2) is 12.2 Å². The molecule has 0 radical (unpaired) electrons. The molecule has 0 heterocycles. The van der Waals surface area contributed by atoms with Gasteiger partial charge < -0.3 is 5.32 Å². The second-order valence-electron chi connectivity index (χ2n) is 6.52. The van der Waals surface area contributed by atoms with E-state index in [1.165, 1.54) is 90.0 Å². The van der Waals surface area contributed by atoms with Gasteiger partial charge in [-0.2, -0.15) is 0 Å². The van der Waals surface area contributed by atoms with Gasteiger partial charge >= 0.3 is 0 Å². The number of unbranched alkanes of at least 4 members (excludes halogenated alkanes) is 9. The average molecular weight is 296 g/mol. The Kier molecular flexibility index (Phi) is 17.5. The number of hydrogen-bond acceptors (Lipinski definition) is 1. The van der Waals surface area contributed by atoms with E-state index < -0.39 is 0 Å². The van der Waals surface area contributed by atoms with E-state index in [-0.39, 0.29) is 0 Å². The summed E-state index contributed by atoms with van der Waals surface area (Å²) in [5, 5.41) is 3.62. The van der Waals surface area contributed by atoms with E-state index in [0.29, 0.717) is 6.04 Å². The maximum absolute atomic E-state index is 3.62. The molecular formula is C20H41N. The SMILES string of the molecule is CCCCC=CCCCCCCCCC(C)NCCCC. The second-order valence-corrected chi connectivity index (χ2v) is 6.52. The lowest BCUT2D eigenvalue weighted by molar-refractivity contribution is 0.472. The number of hydrogen-bond donors (Lipinski definition) is 1. The Hall–Kier alpha value is -0.300. The van der Waals surface area contributed by atoms with E-state index in [1.54, 1.807) is 0 Å². The maximum Gasteiger partial charge on any atom is 0.00387 e. The Balaban J connectivity index is 3.13. The van der Waals surface area contributed by atoms with E-state index in [4.69, 9.17) is 0 Å². The summed E-state index contributed by atoms with van der Waals surface area (Å²) in [7, 11) is 0. The lowest BCUT2D eigenvalue weighted by atomic mass is 10.1. The van der Waals surface area contributed by atoms with Gasteiger partial charge in [0.15, 0.2) is 0 Å². The fourth-order valence-electron chi connectivity index (χ4n) is 2.60. The molecule has 0 amide bonds. The van der Waals surface area contributed by atoms with Gasteiger partial charge in [-0.3, -0.25) is 0 Å². The third-order valence-corrected chi connectivity index (χ3v) is 4.17. The molecule has 0 aliphatic heterocycles. The fourth-order valence-corrected chi connectivity index (χ4v) is 2.60. The topological polar surface area (TPSA) is 12.0 Å². The van der Waals surface area contributed by atoms with Crippen molar-refractivity contribution in [3.05, 3.63) is 12.2 Å². The van der Waals surface area contributed by atoms with Crippen LogP contribution >= 0.6 is 0 Å². The van der Waals surface area contributed by atoms with Gasteiger partial charge in [0.2, 0.25) is 0 Å². The quantitative estimate of drug-likeness (QED) is 0.249. The van der Waals surface area contributed by atoms with Gasteiger partial charge in [0.1, 0.15) is 0 Å². The number of nitrogens with one attached hydrogen (secondary N) is 1. The van der Waals surface area contributed by atoms with Crippen LogP contribution in [0.5, 0.6) is 0 Å². The van der Waals surface area contributed by atoms with Crippen molar-refractivity contribution in [2.24, 2.45) is 0 Å². The minimum Gasteiger partial charge on any atom is -0.314 e. The lowest BCUT2D eigenvalue weighted by Gasteiger charge is -2.13. The van der Waals surface area contributed by atoms with Crippen LogP contribution in [0.2, 0.25) is 0 Å². The highest BCUT2D eigenvalue weighted by Crippen LogP contribution is 2.10. The van der Waals surface area contributed by atoms with Gasteiger partial charge in [0.25, 0.3) is 0 Å². The van der Waals surface area contributed by atoms with Gasteiger partial charge in [-0.1, -0.05) is 77.4 Å². The normalized spacial score (nSPS) is 13.1. The molecule has 21 heavy (non-hydrogen) atoms. The third kappa shape index (κ3) is 17.6. The van der Waals surface area contributed by atoms with Crippen LogP contribution < -0.4 is 5.32 Å². The summed E-state index contributed by atoms with van der Waals surface area (Å²) in [6.45, 7) is 8.05. The van der Waals surface area contributed by atoms with E-state index in [0.717, 1.165) is 0 Å². The van der Waals surface area contributed by atoms with Gasteiger partial charge in [-0.05, 0) is 45.6 Å². The smallest absolute Gasteiger partial charge is 0.00387 e. The molecule has 0 bridgehead atoms. The maximum atomic E-state index is 3.62. The first-order chi connectivity index (χ1) is 10.3. The zero-order valence-electron chi connectivity index (χ0n) is 15.1. The average Bonchev–Trinajstić information content (AvgIpc) is 2.48. The summed E-state index contributed by atoms with van der Waals surface area (Å²) >= 11 is 0. The van der Waals surface area contributed by atoms with Gasteiger partial charge in [0.05, 0.1) is 0 Å². The van der Waals surface area contributed by atoms with E-state index in [2.05, 4.69) is 38.2 Å². The fraction of sp³-hybridized carbons (Fsp3) is 0.900. The minimum absolute atomic E-state index is 0.713. The Bertz CT molecular complexity index is 210. The van der Waals surface area contributed by atoms with Crippen molar-refractivity contribution in [3.63, 3.8) is 0 Å². The van der Waals surface area contributed by atoms with Crippen LogP contribution in [-0.4, -0.2) is 12.6 Å². The van der Waals surface area contributed by atoms with Crippen molar-refractivity contribution in [3.8, 4) is 0 Å². The highest BCUT2D eigenvalue weighted by molar-refractivity contribution is 4.81. The Labute approximate surface area is 135 Å². The zero-order chi connectivity index (χ0) is 15.6. The highest BCUT2D eigenvalue weighted by Gasteiger charge is 1.99. The minimum atomic E-state index is 0.713. The van der Waals surface area contributed by atoms with Crippen molar-refractivity contribution in [1.82, 2.24) is 5.32 Å². The van der Waals surface area contributed by atoms with Gasteiger partial charge in [-0.25, -0.2) is 0 Å². The summed E-state index contributed by atoms with van der Waals surface area (Å²) in [6, 6.07) is 0.713. The van der Waals surface area contributed by atoms with Crippen LogP contribution in [0.4, 0.5) is 0 Å². The van der Waals surface area contributed by atoms with Crippen molar-refractivity contribution < 1.29 is 0 Å². The predicted molar refractivity (Wildman–Crippen MR) is 98.0 cm³/mol. The molecule has 0 spiro atoms. The Morgan fingerprint density at radius 3 is 1.95 bits per heavy atom. The molecule has 0 saturated carbocycles. The van der Waals surface area contributed by atoms with E-state index in [1.807, 2.05) is 0 Å². The first-order valence-corrected chi connectivity index (χ1v) is 9.69. The Morgan fingerprint density at radius 1 is 0.714 bits per heavy atom. The number of allylic oxidation sites excluding steroid dienone is 2. The second kappa shape index (κ2) is 17.8. The summed E-state index contributed by atoms with van der Waals surface area (Å²) < 4.78 is 0. The molecule has 1 N–H and O–H groups in total. The molecule has 0 aliphatic carbocycles. The highest BCUT2D eigenvalue weighted by atomic mass is 14.9. The molecular weight excluding hydrogens is 254 g/mol. The monoisotopic (exact) mass is 295 g/mol. The van der Waals surface area contributed by atoms with Gasteiger partial charge in [-0.15, -0.1) is 0 Å².